The fraction of sp³-hybridized carbons (Fsp3) is 0.500. The Hall–Kier alpha value is -1.16. The van der Waals surface area contributed by atoms with Crippen molar-refractivity contribution < 1.29 is 14.7 Å². The molecule has 0 radical (unpaired) electrons. The van der Waals surface area contributed by atoms with Gasteiger partial charge >= 0.3 is 5.97 Å². The Kier molecular flexibility index (Phi) is 4.21. The summed E-state index contributed by atoms with van der Waals surface area (Å²) in [7, 11) is 0. The topological polar surface area (TPSA) is 80.4 Å². The van der Waals surface area contributed by atoms with Crippen molar-refractivity contribution in [3.63, 3.8) is 0 Å². The van der Waals surface area contributed by atoms with E-state index in [1.807, 2.05) is 6.92 Å². The Balaban J connectivity index is 0.000000217. The van der Waals surface area contributed by atoms with Gasteiger partial charge in [0.25, 0.3) is 0 Å². The summed E-state index contributed by atoms with van der Waals surface area (Å²) >= 11 is 0. The number of carbonyl (C=O) groups is 2. The van der Waals surface area contributed by atoms with Gasteiger partial charge in [-0.2, -0.15) is 0 Å². The Bertz CT molecular complexity index is 210. The molecule has 3 N–H and O–H groups in total. The molecule has 4 nitrogen and oxygen atoms in total. The van der Waals surface area contributed by atoms with Crippen LogP contribution < -0.4 is 5.73 Å². The first-order valence-corrected chi connectivity index (χ1v) is 3.59. The van der Waals surface area contributed by atoms with Gasteiger partial charge < -0.3 is 10.8 Å². The molecule has 0 heterocycles. The fourth-order valence-corrected chi connectivity index (χ4v) is 0.591. The molecule has 1 fully saturated rings. The Morgan fingerprint density at radius 3 is 2.17 bits per heavy atom. The average Bonchev–Trinajstić information content (AvgIpc) is 2.68. The lowest BCUT2D eigenvalue weighted by atomic mass is 10.2. The van der Waals surface area contributed by atoms with Gasteiger partial charge in [0.1, 0.15) is 5.78 Å². The second-order valence-electron chi connectivity index (χ2n) is 2.67. The van der Waals surface area contributed by atoms with Crippen LogP contribution in [0.5, 0.6) is 0 Å². The molecule has 0 aromatic heterocycles. The van der Waals surface area contributed by atoms with Crippen molar-refractivity contribution in [1.29, 1.82) is 0 Å². The number of ketones is 1. The van der Waals surface area contributed by atoms with Gasteiger partial charge in [0.15, 0.2) is 0 Å². The molecule has 12 heavy (non-hydrogen) atoms. The lowest BCUT2D eigenvalue weighted by Crippen LogP contribution is -2.10. The quantitative estimate of drug-likeness (QED) is 0.581. The van der Waals surface area contributed by atoms with Crippen LogP contribution in [0.4, 0.5) is 0 Å². The summed E-state index contributed by atoms with van der Waals surface area (Å²) in [5.74, 6) is -0.377. The minimum Gasteiger partial charge on any atom is -0.480 e. The molecule has 4 heteroatoms. The first-order valence-electron chi connectivity index (χ1n) is 3.59. The number of carbonyl (C=O) groups excluding carboxylic acids is 1. The summed E-state index contributed by atoms with van der Waals surface area (Å²) in [6.07, 6.45) is 0.745. The van der Waals surface area contributed by atoms with E-state index in [1.165, 1.54) is 0 Å². The molecule has 1 unspecified atom stereocenters. The Labute approximate surface area is 71.1 Å². The van der Waals surface area contributed by atoms with Crippen LogP contribution in [0.1, 0.15) is 13.3 Å². The van der Waals surface area contributed by atoms with Gasteiger partial charge in [-0.25, -0.2) is 0 Å². The van der Waals surface area contributed by atoms with Gasteiger partial charge in [0, 0.05) is 12.3 Å². The molecule has 1 rings (SSSR count). The number of allylic oxidation sites excluding steroid dienone is 1. The molecule has 0 saturated heterocycles. The third-order valence-electron chi connectivity index (χ3n) is 1.40. The Morgan fingerprint density at radius 2 is 2.17 bits per heavy atom. The molecular formula is C8H13NO3. The highest BCUT2D eigenvalue weighted by Crippen LogP contribution is 2.29. The molecular weight excluding hydrogens is 158 g/mol. The van der Waals surface area contributed by atoms with Crippen LogP contribution in [0.3, 0.4) is 0 Å². The normalized spacial score (nSPS) is 19.2. The second-order valence-corrected chi connectivity index (χ2v) is 2.67. The zero-order valence-corrected chi connectivity index (χ0v) is 7.04. The predicted molar refractivity (Wildman–Crippen MR) is 44.6 cm³/mol. The molecule has 0 aromatic rings. The summed E-state index contributed by atoms with van der Waals surface area (Å²) in [6.45, 7) is 5.27. The fourth-order valence-electron chi connectivity index (χ4n) is 0.591. The van der Waals surface area contributed by atoms with E-state index in [-0.39, 0.29) is 12.5 Å². The SMILES string of the molecule is C=C(C)C1CC1=O.NCC(=O)O. The largest absolute Gasteiger partial charge is 0.480 e. The van der Waals surface area contributed by atoms with Gasteiger partial charge in [0.2, 0.25) is 0 Å². The lowest BCUT2D eigenvalue weighted by molar-refractivity contribution is -0.135. The van der Waals surface area contributed by atoms with Gasteiger partial charge in [0.05, 0.1) is 6.54 Å². The molecule has 0 aliphatic heterocycles. The van der Waals surface area contributed by atoms with Crippen molar-refractivity contribution in [3.05, 3.63) is 12.2 Å². The molecule has 1 aliphatic rings. The number of carboxylic acid groups (broad SMARTS) is 1. The van der Waals surface area contributed by atoms with Crippen molar-refractivity contribution in [2.24, 2.45) is 11.7 Å². The van der Waals surface area contributed by atoms with Gasteiger partial charge in [-0.05, 0) is 6.92 Å². The molecule has 0 bridgehead atoms. The van der Waals surface area contributed by atoms with E-state index in [2.05, 4.69) is 12.3 Å². The number of hydrogen-bond donors (Lipinski definition) is 2. The van der Waals surface area contributed by atoms with Gasteiger partial charge in [-0.15, -0.1) is 0 Å². The summed E-state index contributed by atoms with van der Waals surface area (Å²) < 4.78 is 0. The van der Waals surface area contributed by atoms with E-state index in [4.69, 9.17) is 5.11 Å². The van der Waals surface area contributed by atoms with Crippen molar-refractivity contribution in [2.45, 2.75) is 13.3 Å². The summed E-state index contributed by atoms with van der Waals surface area (Å²) in [5, 5.41) is 7.60. The molecule has 0 aromatic carbocycles. The number of aliphatic carboxylic acids is 1. The minimum absolute atomic E-state index is 0.236. The predicted octanol–water partition coefficient (Wildman–Crippen LogP) is 0.181. The molecule has 1 atom stereocenters. The van der Waals surface area contributed by atoms with Gasteiger partial charge in [-0.3, -0.25) is 9.59 Å². The van der Waals surface area contributed by atoms with E-state index < -0.39 is 5.97 Å². The van der Waals surface area contributed by atoms with E-state index in [0.29, 0.717) is 5.78 Å². The smallest absolute Gasteiger partial charge is 0.317 e. The van der Waals surface area contributed by atoms with Crippen LogP contribution in [0.25, 0.3) is 0 Å². The van der Waals surface area contributed by atoms with Crippen LogP contribution >= 0.6 is 0 Å². The summed E-state index contributed by atoms with van der Waals surface area (Å²) in [6, 6.07) is 0. The third-order valence-corrected chi connectivity index (χ3v) is 1.40. The van der Waals surface area contributed by atoms with E-state index in [0.717, 1.165) is 12.0 Å². The average molecular weight is 171 g/mol. The number of carboxylic acids is 1. The van der Waals surface area contributed by atoms with Crippen LogP contribution in [0, 0.1) is 5.92 Å². The van der Waals surface area contributed by atoms with Crippen LogP contribution in [-0.4, -0.2) is 23.4 Å². The van der Waals surface area contributed by atoms with E-state index in [1.54, 1.807) is 0 Å². The summed E-state index contributed by atoms with van der Waals surface area (Å²) in [5.41, 5.74) is 5.59. The van der Waals surface area contributed by atoms with Crippen molar-refractivity contribution >= 4 is 11.8 Å². The minimum atomic E-state index is -0.968. The maximum absolute atomic E-state index is 10.3. The lowest BCUT2D eigenvalue weighted by Gasteiger charge is -1.81. The Morgan fingerprint density at radius 1 is 1.83 bits per heavy atom. The first kappa shape index (κ1) is 10.8. The standard InChI is InChI=1S/C6H8O.C2H5NO2/c1-4(2)5-3-6(5)7;3-1-2(4)5/h5H,1,3H2,2H3;1,3H2,(H,4,5). The highest BCUT2D eigenvalue weighted by atomic mass is 16.4. The molecule has 1 saturated carbocycles. The zero-order valence-electron chi connectivity index (χ0n) is 7.04. The number of nitrogens with two attached hydrogens (primary N) is 1. The molecule has 1 aliphatic carbocycles. The van der Waals surface area contributed by atoms with Crippen LogP contribution in [0.2, 0.25) is 0 Å². The highest BCUT2D eigenvalue weighted by Gasteiger charge is 2.34. The van der Waals surface area contributed by atoms with Crippen LogP contribution in [-0.2, 0) is 9.59 Å². The number of rotatable bonds is 2. The number of Topliss-reactive ketones (excluding diaryl/α,β-unsaturated/α-hetero) is 1. The summed E-state index contributed by atoms with van der Waals surface area (Å²) in [4.78, 5) is 19.5. The first-order chi connectivity index (χ1) is 5.49. The maximum Gasteiger partial charge on any atom is 0.317 e. The van der Waals surface area contributed by atoms with Gasteiger partial charge in [-0.1, -0.05) is 12.2 Å². The van der Waals surface area contributed by atoms with E-state index in [9.17, 15) is 9.59 Å². The monoisotopic (exact) mass is 171 g/mol. The van der Waals surface area contributed by atoms with Crippen molar-refractivity contribution in [3.8, 4) is 0 Å². The highest BCUT2D eigenvalue weighted by molar-refractivity contribution is 5.98. The van der Waals surface area contributed by atoms with E-state index >= 15 is 0 Å². The third kappa shape index (κ3) is 4.62. The second kappa shape index (κ2) is 4.66. The van der Waals surface area contributed by atoms with Crippen molar-refractivity contribution in [2.75, 3.05) is 6.54 Å². The molecule has 68 valence electrons. The number of hydrogen-bond acceptors (Lipinski definition) is 3. The molecule has 0 amide bonds. The zero-order chi connectivity index (χ0) is 9.72. The van der Waals surface area contributed by atoms with Crippen molar-refractivity contribution in [1.82, 2.24) is 0 Å². The van der Waals surface area contributed by atoms with Crippen LogP contribution in [0.15, 0.2) is 12.2 Å². The maximum atomic E-state index is 10.3. The molecule has 0 spiro atoms.